The van der Waals surface area contributed by atoms with E-state index in [9.17, 15) is 4.79 Å². The number of imidazole rings is 1. The van der Waals surface area contributed by atoms with Crippen LogP contribution in [0.3, 0.4) is 0 Å². The maximum absolute atomic E-state index is 12.9. The number of likely N-dealkylation sites (tertiary alicyclic amines) is 1. The summed E-state index contributed by atoms with van der Waals surface area (Å²) < 4.78 is 5.38. The highest BCUT2D eigenvalue weighted by atomic mass is 32.1. The van der Waals surface area contributed by atoms with Crippen molar-refractivity contribution in [2.75, 3.05) is 6.54 Å². The lowest BCUT2D eigenvalue weighted by Gasteiger charge is -2.22. The molecule has 1 aromatic carbocycles. The van der Waals surface area contributed by atoms with Crippen molar-refractivity contribution < 1.29 is 9.21 Å². The highest BCUT2D eigenvalue weighted by Crippen LogP contribution is 2.32. The predicted molar refractivity (Wildman–Crippen MR) is 103 cm³/mol. The van der Waals surface area contributed by atoms with E-state index >= 15 is 0 Å². The lowest BCUT2D eigenvalue weighted by Crippen LogP contribution is -2.32. The lowest BCUT2D eigenvalue weighted by atomic mass is 10.2. The molecule has 1 aliphatic rings. The molecule has 136 valence electrons. The van der Waals surface area contributed by atoms with Crippen molar-refractivity contribution >= 4 is 28.3 Å². The van der Waals surface area contributed by atoms with Gasteiger partial charge in [-0.1, -0.05) is 12.1 Å². The van der Waals surface area contributed by atoms with Crippen LogP contribution in [0.25, 0.3) is 21.8 Å². The van der Waals surface area contributed by atoms with Gasteiger partial charge in [0.05, 0.1) is 35.5 Å². The number of nitrogens with one attached hydrogen (secondary N) is 1. The summed E-state index contributed by atoms with van der Waals surface area (Å²) in [6, 6.07) is 11.7. The van der Waals surface area contributed by atoms with E-state index in [1.807, 2.05) is 46.7 Å². The molecule has 27 heavy (non-hydrogen) atoms. The number of benzene rings is 1. The monoisotopic (exact) mass is 378 g/mol. The van der Waals surface area contributed by atoms with Crippen LogP contribution in [0.4, 0.5) is 0 Å². The van der Waals surface area contributed by atoms with Crippen molar-refractivity contribution in [3.63, 3.8) is 0 Å². The molecule has 1 N–H and O–H groups in total. The molecular weight excluding hydrogens is 360 g/mol. The summed E-state index contributed by atoms with van der Waals surface area (Å²) in [7, 11) is 0. The van der Waals surface area contributed by atoms with Crippen LogP contribution in [0, 0.1) is 0 Å². The number of carbonyl (C=O) groups is 1. The topological polar surface area (TPSA) is 75.0 Å². The van der Waals surface area contributed by atoms with Gasteiger partial charge in [0.25, 0.3) is 0 Å². The van der Waals surface area contributed by atoms with Gasteiger partial charge in [0.2, 0.25) is 5.91 Å². The summed E-state index contributed by atoms with van der Waals surface area (Å²) in [6.45, 7) is 0.760. The maximum atomic E-state index is 12.9. The van der Waals surface area contributed by atoms with Gasteiger partial charge in [-0.3, -0.25) is 4.79 Å². The molecule has 1 fully saturated rings. The second-order valence-electron chi connectivity index (χ2n) is 6.68. The molecule has 4 heterocycles. The second kappa shape index (κ2) is 6.66. The summed E-state index contributed by atoms with van der Waals surface area (Å²) in [6.07, 6.45) is 3.85. The standard InChI is InChI=1S/C20H18N4O2S/c25-18(11-13-12-27-20(21-13)17-8-4-10-26-17)24-9-3-7-16(24)19-22-14-5-1-2-6-15(14)23-19/h1-2,4-6,8,10,12,16H,3,7,9,11H2,(H,22,23). The Morgan fingerprint density at radius 3 is 3.04 bits per heavy atom. The summed E-state index contributed by atoms with van der Waals surface area (Å²) in [5.74, 6) is 1.70. The summed E-state index contributed by atoms with van der Waals surface area (Å²) in [5, 5.41) is 2.74. The van der Waals surface area contributed by atoms with E-state index in [0.29, 0.717) is 6.42 Å². The zero-order valence-corrected chi connectivity index (χ0v) is 15.4. The third-order valence-corrected chi connectivity index (χ3v) is 5.82. The fourth-order valence-corrected chi connectivity index (χ4v) is 4.42. The Hall–Kier alpha value is -2.93. The van der Waals surface area contributed by atoms with Gasteiger partial charge in [-0.25, -0.2) is 9.97 Å². The van der Waals surface area contributed by atoms with Crippen LogP contribution < -0.4 is 0 Å². The molecule has 5 rings (SSSR count). The highest BCUT2D eigenvalue weighted by molar-refractivity contribution is 7.13. The van der Waals surface area contributed by atoms with Crippen LogP contribution in [0.1, 0.15) is 30.4 Å². The minimum Gasteiger partial charge on any atom is -0.462 e. The number of nitrogens with zero attached hydrogens (tertiary/aromatic N) is 3. The molecule has 0 aliphatic carbocycles. The quantitative estimate of drug-likeness (QED) is 0.578. The van der Waals surface area contributed by atoms with Crippen molar-refractivity contribution in [1.29, 1.82) is 0 Å². The minimum atomic E-state index is 0.00748. The van der Waals surface area contributed by atoms with Crippen LogP contribution in [0.2, 0.25) is 0 Å². The first-order chi connectivity index (χ1) is 13.3. The predicted octanol–water partition coefficient (Wildman–Crippen LogP) is 4.19. The molecule has 0 radical (unpaired) electrons. The van der Waals surface area contributed by atoms with E-state index in [0.717, 1.165) is 52.7 Å². The molecule has 1 atom stereocenters. The summed E-state index contributed by atoms with van der Waals surface area (Å²) in [5.41, 5.74) is 2.73. The van der Waals surface area contributed by atoms with E-state index in [1.54, 1.807) is 6.26 Å². The van der Waals surface area contributed by atoms with Crippen molar-refractivity contribution in [2.24, 2.45) is 0 Å². The maximum Gasteiger partial charge on any atom is 0.229 e. The Morgan fingerprint density at radius 1 is 1.26 bits per heavy atom. The zero-order valence-electron chi connectivity index (χ0n) is 14.6. The Kier molecular flexibility index (Phi) is 4.01. The van der Waals surface area contributed by atoms with Crippen LogP contribution in [-0.4, -0.2) is 32.3 Å². The Balaban J connectivity index is 1.34. The molecule has 6 nitrogen and oxygen atoms in total. The van der Waals surface area contributed by atoms with E-state index in [1.165, 1.54) is 11.3 Å². The molecule has 0 bridgehead atoms. The van der Waals surface area contributed by atoms with E-state index < -0.39 is 0 Å². The van der Waals surface area contributed by atoms with Gasteiger partial charge < -0.3 is 14.3 Å². The number of hydrogen-bond donors (Lipinski definition) is 1. The number of aromatic nitrogens is 3. The molecule has 3 aromatic heterocycles. The van der Waals surface area contributed by atoms with Crippen molar-refractivity contribution in [2.45, 2.75) is 25.3 Å². The molecular formula is C20H18N4O2S. The van der Waals surface area contributed by atoms with Gasteiger partial charge in [0.1, 0.15) is 5.82 Å². The average Bonchev–Trinajstić information content (AvgIpc) is 3.47. The molecule has 0 saturated carbocycles. The number of rotatable bonds is 4. The van der Waals surface area contributed by atoms with Crippen molar-refractivity contribution in [1.82, 2.24) is 19.9 Å². The Bertz CT molecular complexity index is 1050. The van der Waals surface area contributed by atoms with Gasteiger partial charge in [0, 0.05) is 11.9 Å². The number of aromatic amines is 1. The van der Waals surface area contributed by atoms with Crippen LogP contribution in [0.15, 0.2) is 52.5 Å². The van der Waals surface area contributed by atoms with E-state index in [-0.39, 0.29) is 11.9 Å². The average molecular weight is 378 g/mol. The fourth-order valence-electron chi connectivity index (χ4n) is 3.64. The minimum absolute atomic E-state index is 0.00748. The number of fused-ring (bicyclic) bond motifs is 1. The SMILES string of the molecule is O=C(Cc1csc(-c2ccco2)n1)N1CCCC1c1nc2ccccc2[nH]1. The third kappa shape index (κ3) is 3.04. The van der Waals surface area contributed by atoms with E-state index in [2.05, 4.69) is 9.97 Å². The summed E-state index contributed by atoms with van der Waals surface area (Å²) >= 11 is 1.50. The molecule has 1 saturated heterocycles. The molecule has 0 spiro atoms. The molecule has 7 heteroatoms. The van der Waals surface area contributed by atoms with Crippen LogP contribution in [-0.2, 0) is 11.2 Å². The number of thiazole rings is 1. The van der Waals surface area contributed by atoms with Gasteiger partial charge in [0.15, 0.2) is 10.8 Å². The van der Waals surface area contributed by atoms with Crippen LogP contribution >= 0.6 is 11.3 Å². The van der Waals surface area contributed by atoms with Gasteiger partial charge in [-0.15, -0.1) is 11.3 Å². The number of carbonyl (C=O) groups excluding carboxylic acids is 1. The van der Waals surface area contributed by atoms with Crippen LogP contribution in [0.5, 0.6) is 0 Å². The molecule has 4 aromatic rings. The number of para-hydroxylation sites is 2. The Morgan fingerprint density at radius 2 is 2.19 bits per heavy atom. The second-order valence-corrected chi connectivity index (χ2v) is 7.54. The lowest BCUT2D eigenvalue weighted by molar-refractivity contribution is -0.131. The van der Waals surface area contributed by atoms with Gasteiger partial charge >= 0.3 is 0 Å². The highest BCUT2D eigenvalue weighted by Gasteiger charge is 2.32. The van der Waals surface area contributed by atoms with Gasteiger partial charge in [-0.2, -0.15) is 0 Å². The molecule has 1 unspecified atom stereocenters. The first kappa shape index (κ1) is 16.3. The largest absolute Gasteiger partial charge is 0.462 e. The fraction of sp³-hybridized carbons (Fsp3) is 0.250. The first-order valence-corrected chi connectivity index (χ1v) is 9.88. The number of hydrogen-bond acceptors (Lipinski definition) is 5. The molecule has 1 amide bonds. The summed E-state index contributed by atoms with van der Waals surface area (Å²) in [4.78, 5) is 27.5. The molecule has 1 aliphatic heterocycles. The number of furan rings is 1. The van der Waals surface area contributed by atoms with Crippen molar-refractivity contribution in [3.8, 4) is 10.8 Å². The normalized spacial score (nSPS) is 17.0. The van der Waals surface area contributed by atoms with Gasteiger partial charge in [-0.05, 0) is 37.1 Å². The Labute approximate surface area is 159 Å². The zero-order chi connectivity index (χ0) is 18.2. The smallest absolute Gasteiger partial charge is 0.229 e. The van der Waals surface area contributed by atoms with E-state index in [4.69, 9.17) is 9.40 Å². The first-order valence-electron chi connectivity index (χ1n) is 9.00. The third-order valence-electron chi connectivity index (χ3n) is 4.91. The number of H-pyrrole nitrogens is 1. The number of amides is 1. The van der Waals surface area contributed by atoms with Crippen molar-refractivity contribution in [3.05, 3.63) is 59.6 Å².